The van der Waals surface area contributed by atoms with Crippen LogP contribution in [0.2, 0.25) is 0 Å². The quantitative estimate of drug-likeness (QED) is 0.599. The molecule has 4 rings (SSSR count). The Morgan fingerprint density at radius 2 is 1.88 bits per heavy atom. The van der Waals surface area contributed by atoms with Crippen molar-refractivity contribution in [3.63, 3.8) is 0 Å². The van der Waals surface area contributed by atoms with Crippen LogP contribution in [0.1, 0.15) is 5.56 Å². The molecular weight excluding hydrogens is 316 g/mol. The highest BCUT2D eigenvalue weighted by atomic mass is 16.5. The fourth-order valence-electron chi connectivity index (χ4n) is 2.74. The summed E-state index contributed by atoms with van der Waals surface area (Å²) in [5.74, 6) is 1.49. The van der Waals surface area contributed by atoms with Gasteiger partial charge in [0.05, 0.1) is 13.3 Å². The number of anilines is 2. The van der Waals surface area contributed by atoms with Crippen LogP contribution in [0.25, 0.3) is 22.1 Å². The Bertz CT molecular complexity index is 1040. The van der Waals surface area contributed by atoms with Gasteiger partial charge >= 0.3 is 0 Å². The van der Waals surface area contributed by atoms with Gasteiger partial charge in [-0.05, 0) is 18.4 Å². The van der Waals surface area contributed by atoms with Crippen molar-refractivity contribution in [2.75, 3.05) is 12.4 Å². The molecular formula is C19H16N4O2. The highest BCUT2D eigenvalue weighted by Gasteiger charge is 2.16. The molecule has 1 N–H and O–H groups in total. The van der Waals surface area contributed by atoms with E-state index in [2.05, 4.69) is 38.6 Å². The van der Waals surface area contributed by atoms with Gasteiger partial charge in [0.1, 0.15) is 5.56 Å². The van der Waals surface area contributed by atoms with Crippen LogP contribution in [0.3, 0.4) is 0 Å². The summed E-state index contributed by atoms with van der Waals surface area (Å²) in [6.07, 6.45) is 3.32. The third kappa shape index (κ3) is 2.78. The van der Waals surface area contributed by atoms with Gasteiger partial charge in [-0.15, -0.1) is 0 Å². The molecule has 0 aliphatic carbocycles. The Balaban J connectivity index is 1.73. The molecule has 25 heavy (non-hydrogen) atoms. The Hall–Kier alpha value is -3.41. The van der Waals surface area contributed by atoms with Gasteiger partial charge in [0.15, 0.2) is 5.76 Å². The number of fused-ring (bicyclic) bond motifs is 1. The van der Waals surface area contributed by atoms with Gasteiger partial charge in [-0.2, -0.15) is 4.98 Å². The Morgan fingerprint density at radius 3 is 2.68 bits per heavy atom. The van der Waals surface area contributed by atoms with Crippen molar-refractivity contribution in [3.05, 3.63) is 60.4 Å². The molecule has 0 saturated heterocycles. The van der Waals surface area contributed by atoms with Crippen LogP contribution in [0.5, 0.6) is 5.88 Å². The van der Waals surface area contributed by atoms with Gasteiger partial charge < -0.3 is 14.6 Å². The first-order valence-electron chi connectivity index (χ1n) is 7.84. The van der Waals surface area contributed by atoms with Crippen LogP contribution in [0.4, 0.5) is 11.6 Å². The molecule has 124 valence electrons. The Morgan fingerprint density at radius 1 is 1.04 bits per heavy atom. The zero-order valence-electron chi connectivity index (χ0n) is 13.9. The maximum Gasteiger partial charge on any atom is 0.230 e. The lowest BCUT2D eigenvalue weighted by Gasteiger charge is -2.11. The average molecular weight is 332 g/mol. The summed E-state index contributed by atoms with van der Waals surface area (Å²) in [5, 5.41) is 9.30. The molecule has 2 aromatic carbocycles. The molecule has 0 aliphatic rings. The molecule has 0 aliphatic heterocycles. The number of hydrogen-bond donors (Lipinski definition) is 1. The van der Waals surface area contributed by atoms with Crippen molar-refractivity contribution >= 4 is 22.4 Å². The highest BCUT2D eigenvalue weighted by molar-refractivity contribution is 5.94. The number of nitrogens with zero attached hydrogens (tertiary/aromatic N) is 3. The third-order valence-electron chi connectivity index (χ3n) is 3.98. The number of hydrogen-bond acceptors (Lipinski definition) is 6. The van der Waals surface area contributed by atoms with Crippen LogP contribution in [-0.4, -0.2) is 22.2 Å². The van der Waals surface area contributed by atoms with Gasteiger partial charge in [-0.3, -0.25) is 0 Å². The van der Waals surface area contributed by atoms with E-state index in [4.69, 9.17) is 9.26 Å². The molecule has 6 heteroatoms. The second-order valence-corrected chi connectivity index (χ2v) is 5.61. The minimum atomic E-state index is 0.428. The lowest BCUT2D eigenvalue weighted by molar-refractivity contribution is 0.392. The van der Waals surface area contributed by atoms with Crippen molar-refractivity contribution in [3.8, 4) is 17.2 Å². The number of ether oxygens (including phenoxy) is 1. The number of nitrogens with one attached hydrogen (secondary N) is 1. The minimum absolute atomic E-state index is 0.428. The van der Waals surface area contributed by atoms with Crippen LogP contribution >= 0.6 is 0 Å². The normalized spacial score (nSPS) is 10.8. The lowest BCUT2D eigenvalue weighted by atomic mass is 10.1. The maximum atomic E-state index is 5.41. The molecule has 0 radical (unpaired) electrons. The molecule has 4 aromatic rings. The molecule has 0 bridgehead atoms. The van der Waals surface area contributed by atoms with Gasteiger partial charge in [0.2, 0.25) is 11.8 Å². The molecule has 0 amide bonds. The maximum absolute atomic E-state index is 5.41. The van der Waals surface area contributed by atoms with Crippen LogP contribution in [-0.2, 0) is 0 Å². The fourth-order valence-corrected chi connectivity index (χ4v) is 2.74. The monoisotopic (exact) mass is 332 g/mol. The second kappa shape index (κ2) is 6.24. The SMILES string of the molecule is COc1nc(Nc2cccc3ccccc23)ncc1-c1oncc1C. The Kier molecular flexibility index (Phi) is 3.78. The minimum Gasteiger partial charge on any atom is -0.480 e. The number of aryl methyl sites for hydroxylation is 1. The van der Waals surface area contributed by atoms with Gasteiger partial charge in [0.25, 0.3) is 0 Å². The van der Waals surface area contributed by atoms with Crippen molar-refractivity contribution in [2.45, 2.75) is 6.92 Å². The summed E-state index contributed by atoms with van der Waals surface area (Å²) < 4.78 is 10.7. The van der Waals surface area contributed by atoms with E-state index in [1.807, 2.05) is 31.2 Å². The van der Waals surface area contributed by atoms with Crippen molar-refractivity contribution in [1.82, 2.24) is 15.1 Å². The van der Waals surface area contributed by atoms with Crippen molar-refractivity contribution in [2.24, 2.45) is 0 Å². The van der Waals surface area contributed by atoms with E-state index in [0.717, 1.165) is 22.0 Å². The number of aromatic nitrogens is 3. The zero-order valence-corrected chi connectivity index (χ0v) is 13.9. The van der Waals surface area contributed by atoms with Crippen LogP contribution < -0.4 is 10.1 Å². The second-order valence-electron chi connectivity index (χ2n) is 5.61. The van der Waals surface area contributed by atoms with E-state index in [0.29, 0.717) is 23.2 Å². The summed E-state index contributed by atoms with van der Waals surface area (Å²) in [5.41, 5.74) is 2.50. The van der Waals surface area contributed by atoms with E-state index in [1.54, 1.807) is 19.5 Å². The summed E-state index contributed by atoms with van der Waals surface area (Å²) in [6, 6.07) is 14.2. The summed E-state index contributed by atoms with van der Waals surface area (Å²) in [4.78, 5) is 8.85. The number of benzene rings is 2. The first-order chi connectivity index (χ1) is 12.3. The first-order valence-corrected chi connectivity index (χ1v) is 7.84. The van der Waals surface area contributed by atoms with Gasteiger partial charge in [-0.25, -0.2) is 4.98 Å². The number of rotatable bonds is 4. The third-order valence-corrected chi connectivity index (χ3v) is 3.98. The first kappa shape index (κ1) is 15.1. The predicted molar refractivity (Wildman–Crippen MR) is 96.0 cm³/mol. The van der Waals surface area contributed by atoms with E-state index >= 15 is 0 Å². The summed E-state index contributed by atoms with van der Waals surface area (Å²) in [6.45, 7) is 1.91. The average Bonchev–Trinajstić information content (AvgIpc) is 3.08. The van der Waals surface area contributed by atoms with E-state index < -0.39 is 0 Å². The van der Waals surface area contributed by atoms with Crippen LogP contribution in [0, 0.1) is 6.92 Å². The van der Waals surface area contributed by atoms with Gasteiger partial charge in [0, 0.05) is 22.8 Å². The topological polar surface area (TPSA) is 73.1 Å². The van der Waals surface area contributed by atoms with Crippen molar-refractivity contribution in [1.29, 1.82) is 0 Å². The molecule has 2 aromatic heterocycles. The lowest BCUT2D eigenvalue weighted by Crippen LogP contribution is -2.01. The summed E-state index contributed by atoms with van der Waals surface area (Å²) >= 11 is 0. The highest BCUT2D eigenvalue weighted by Crippen LogP contribution is 2.32. The molecule has 0 fully saturated rings. The smallest absolute Gasteiger partial charge is 0.230 e. The van der Waals surface area contributed by atoms with Gasteiger partial charge in [-0.1, -0.05) is 41.6 Å². The zero-order chi connectivity index (χ0) is 17.2. The molecule has 2 heterocycles. The van der Waals surface area contributed by atoms with Crippen LogP contribution in [0.15, 0.2) is 59.4 Å². The standard InChI is InChI=1S/C19H16N4O2/c1-12-10-21-25-17(12)15-11-20-19(23-18(15)24-2)22-16-9-5-7-13-6-3-4-8-14(13)16/h3-11H,1-2H3,(H,20,22,23). The number of methoxy groups -OCH3 is 1. The van der Waals surface area contributed by atoms with Crippen molar-refractivity contribution < 1.29 is 9.26 Å². The molecule has 0 saturated carbocycles. The molecule has 0 atom stereocenters. The molecule has 6 nitrogen and oxygen atoms in total. The largest absolute Gasteiger partial charge is 0.480 e. The van der Waals surface area contributed by atoms with E-state index in [-0.39, 0.29) is 0 Å². The molecule has 0 spiro atoms. The summed E-state index contributed by atoms with van der Waals surface area (Å²) in [7, 11) is 1.57. The van der Waals surface area contributed by atoms with E-state index in [9.17, 15) is 0 Å². The predicted octanol–water partition coefficient (Wildman–Crippen LogP) is 4.35. The Labute approximate surface area is 144 Å². The van der Waals surface area contributed by atoms with E-state index in [1.165, 1.54) is 0 Å². The fraction of sp³-hybridized carbons (Fsp3) is 0.105. The molecule has 0 unspecified atom stereocenters.